The van der Waals surface area contributed by atoms with Crippen molar-refractivity contribution < 1.29 is 0 Å². The third-order valence-corrected chi connectivity index (χ3v) is 3.93. The molecular weight excluding hydrogens is 274 g/mol. The van der Waals surface area contributed by atoms with Crippen molar-refractivity contribution in [2.75, 3.05) is 36.8 Å². The van der Waals surface area contributed by atoms with E-state index in [-0.39, 0.29) is 0 Å². The molecule has 0 unspecified atom stereocenters. The topological polar surface area (TPSA) is 69.2 Å². The predicted octanol–water partition coefficient (Wildman–Crippen LogP) is 1.86. The second-order valence-corrected chi connectivity index (χ2v) is 5.53. The highest BCUT2D eigenvalue weighted by Gasteiger charge is 2.18. The highest BCUT2D eigenvalue weighted by atomic mass is 15.3. The molecule has 112 valence electrons. The van der Waals surface area contributed by atoms with Crippen LogP contribution < -0.4 is 10.6 Å². The number of rotatable bonds is 3. The van der Waals surface area contributed by atoms with Crippen molar-refractivity contribution >= 4 is 11.5 Å². The Morgan fingerprint density at radius 3 is 2.64 bits per heavy atom. The first-order chi connectivity index (χ1) is 10.7. The molecule has 1 aliphatic rings. The minimum absolute atomic E-state index is 0.694. The molecule has 5 heteroatoms. The standard InChI is InChI=1S/C17H19N5/c18-11-14-2-1-3-15(10-14)13-21-6-8-22(9-7-21)17-5-4-16(19)12-20-17/h1-5,10,12H,6-9,13,19H2. The number of benzene rings is 1. The summed E-state index contributed by atoms with van der Waals surface area (Å²) in [6.07, 6.45) is 1.70. The molecule has 2 heterocycles. The molecular formula is C17H19N5. The quantitative estimate of drug-likeness (QED) is 0.935. The fraction of sp³-hybridized carbons (Fsp3) is 0.294. The van der Waals surface area contributed by atoms with Crippen molar-refractivity contribution in [3.05, 3.63) is 53.7 Å². The molecule has 0 bridgehead atoms. The molecule has 2 aromatic rings. The molecule has 0 aliphatic carbocycles. The molecule has 3 rings (SSSR count). The molecule has 1 aromatic carbocycles. The minimum Gasteiger partial charge on any atom is -0.397 e. The molecule has 1 aromatic heterocycles. The van der Waals surface area contributed by atoms with Crippen molar-refractivity contribution in [1.82, 2.24) is 9.88 Å². The first-order valence-corrected chi connectivity index (χ1v) is 7.42. The van der Waals surface area contributed by atoms with Gasteiger partial charge in [-0.25, -0.2) is 4.98 Å². The summed E-state index contributed by atoms with van der Waals surface area (Å²) in [6, 6.07) is 13.9. The number of nitrogen functional groups attached to an aromatic ring is 1. The number of nitrogens with two attached hydrogens (primary N) is 1. The maximum atomic E-state index is 8.96. The van der Waals surface area contributed by atoms with Crippen LogP contribution in [-0.2, 0) is 6.54 Å². The number of aromatic nitrogens is 1. The lowest BCUT2D eigenvalue weighted by molar-refractivity contribution is 0.249. The second kappa shape index (κ2) is 6.46. The van der Waals surface area contributed by atoms with Crippen LogP contribution >= 0.6 is 0 Å². The zero-order valence-corrected chi connectivity index (χ0v) is 12.4. The summed E-state index contributed by atoms with van der Waals surface area (Å²) < 4.78 is 0. The first kappa shape index (κ1) is 14.4. The van der Waals surface area contributed by atoms with Crippen molar-refractivity contribution in [1.29, 1.82) is 5.26 Å². The van der Waals surface area contributed by atoms with Gasteiger partial charge in [-0.05, 0) is 29.8 Å². The SMILES string of the molecule is N#Cc1cccc(CN2CCN(c3ccc(N)cn3)CC2)c1. The maximum Gasteiger partial charge on any atom is 0.128 e. The predicted molar refractivity (Wildman–Crippen MR) is 87.3 cm³/mol. The summed E-state index contributed by atoms with van der Waals surface area (Å²) in [4.78, 5) is 9.07. The average molecular weight is 293 g/mol. The minimum atomic E-state index is 0.694. The Hall–Kier alpha value is -2.58. The average Bonchev–Trinajstić information content (AvgIpc) is 2.57. The van der Waals surface area contributed by atoms with Gasteiger partial charge in [-0.2, -0.15) is 5.26 Å². The fourth-order valence-electron chi connectivity index (χ4n) is 2.72. The van der Waals surface area contributed by atoms with Crippen LogP contribution in [0.1, 0.15) is 11.1 Å². The Kier molecular flexibility index (Phi) is 4.22. The van der Waals surface area contributed by atoms with Crippen LogP contribution in [0.15, 0.2) is 42.6 Å². The van der Waals surface area contributed by atoms with Crippen LogP contribution in [-0.4, -0.2) is 36.1 Å². The number of pyridine rings is 1. The van der Waals surface area contributed by atoms with Gasteiger partial charge >= 0.3 is 0 Å². The summed E-state index contributed by atoms with van der Waals surface area (Å²) in [5.41, 5.74) is 8.29. The molecule has 22 heavy (non-hydrogen) atoms. The normalized spacial score (nSPS) is 15.5. The Bertz CT molecular complexity index is 666. The lowest BCUT2D eigenvalue weighted by Gasteiger charge is -2.35. The van der Waals surface area contributed by atoms with E-state index >= 15 is 0 Å². The van der Waals surface area contributed by atoms with E-state index in [1.807, 2.05) is 30.3 Å². The summed E-state index contributed by atoms with van der Waals surface area (Å²) in [5.74, 6) is 0.986. The van der Waals surface area contributed by atoms with Gasteiger partial charge in [0.2, 0.25) is 0 Å². The Labute approximate surface area is 130 Å². The lowest BCUT2D eigenvalue weighted by atomic mass is 10.1. The maximum absolute atomic E-state index is 8.96. The summed E-state index contributed by atoms with van der Waals surface area (Å²) in [6.45, 7) is 4.77. The van der Waals surface area contributed by atoms with Crippen molar-refractivity contribution in [3.8, 4) is 6.07 Å². The van der Waals surface area contributed by atoms with Crippen LogP contribution in [0.5, 0.6) is 0 Å². The molecule has 0 amide bonds. The highest BCUT2D eigenvalue weighted by molar-refractivity contribution is 5.46. The van der Waals surface area contributed by atoms with Crippen LogP contribution in [0.3, 0.4) is 0 Å². The third kappa shape index (κ3) is 3.35. The van der Waals surface area contributed by atoms with Gasteiger partial charge in [-0.15, -0.1) is 0 Å². The number of hydrogen-bond donors (Lipinski definition) is 1. The van der Waals surface area contributed by atoms with E-state index in [4.69, 9.17) is 11.0 Å². The molecule has 1 aliphatic heterocycles. The van der Waals surface area contributed by atoms with Gasteiger partial charge in [0.25, 0.3) is 0 Å². The first-order valence-electron chi connectivity index (χ1n) is 7.42. The van der Waals surface area contributed by atoms with E-state index in [2.05, 4.69) is 26.9 Å². The molecule has 0 saturated carbocycles. The van der Waals surface area contributed by atoms with E-state index in [0.29, 0.717) is 5.69 Å². The van der Waals surface area contributed by atoms with Gasteiger partial charge in [0, 0.05) is 32.7 Å². The van der Waals surface area contributed by atoms with Gasteiger partial charge in [0.05, 0.1) is 23.5 Å². The van der Waals surface area contributed by atoms with E-state index in [1.54, 1.807) is 6.20 Å². The highest BCUT2D eigenvalue weighted by Crippen LogP contribution is 2.16. The molecule has 1 saturated heterocycles. The van der Waals surface area contributed by atoms with E-state index in [9.17, 15) is 0 Å². The van der Waals surface area contributed by atoms with E-state index in [0.717, 1.165) is 44.1 Å². The molecule has 0 radical (unpaired) electrons. The zero-order valence-electron chi connectivity index (χ0n) is 12.4. The summed E-state index contributed by atoms with van der Waals surface area (Å²) in [7, 11) is 0. The second-order valence-electron chi connectivity index (χ2n) is 5.53. The Morgan fingerprint density at radius 2 is 1.95 bits per heavy atom. The van der Waals surface area contributed by atoms with E-state index in [1.165, 1.54) is 5.56 Å². The molecule has 5 nitrogen and oxygen atoms in total. The number of piperazine rings is 1. The third-order valence-electron chi connectivity index (χ3n) is 3.93. The van der Waals surface area contributed by atoms with Crippen molar-refractivity contribution in [2.24, 2.45) is 0 Å². The Balaban J connectivity index is 1.57. The van der Waals surface area contributed by atoms with Crippen molar-refractivity contribution in [3.63, 3.8) is 0 Å². The van der Waals surface area contributed by atoms with Crippen LogP contribution in [0.4, 0.5) is 11.5 Å². The monoisotopic (exact) mass is 293 g/mol. The molecule has 1 fully saturated rings. The van der Waals surface area contributed by atoms with Crippen LogP contribution in [0.2, 0.25) is 0 Å². The number of anilines is 2. The van der Waals surface area contributed by atoms with Crippen LogP contribution in [0.25, 0.3) is 0 Å². The fourth-order valence-corrected chi connectivity index (χ4v) is 2.72. The largest absolute Gasteiger partial charge is 0.397 e. The van der Waals surface area contributed by atoms with Gasteiger partial charge < -0.3 is 10.6 Å². The van der Waals surface area contributed by atoms with Gasteiger partial charge in [0.1, 0.15) is 5.82 Å². The summed E-state index contributed by atoms with van der Waals surface area (Å²) >= 11 is 0. The van der Waals surface area contributed by atoms with Gasteiger partial charge in [-0.3, -0.25) is 4.90 Å². The molecule has 2 N–H and O–H groups in total. The number of hydrogen-bond acceptors (Lipinski definition) is 5. The van der Waals surface area contributed by atoms with Crippen LogP contribution in [0, 0.1) is 11.3 Å². The van der Waals surface area contributed by atoms with Gasteiger partial charge in [-0.1, -0.05) is 12.1 Å². The Morgan fingerprint density at radius 1 is 1.14 bits per heavy atom. The molecule has 0 spiro atoms. The number of nitrogens with zero attached hydrogens (tertiary/aromatic N) is 4. The zero-order chi connectivity index (χ0) is 15.4. The van der Waals surface area contributed by atoms with Gasteiger partial charge in [0.15, 0.2) is 0 Å². The lowest BCUT2D eigenvalue weighted by Crippen LogP contribution is -2.46. The van der Waals surface area contributed by atoms with Crippen molar-refractivity contribution in [2.45, 2.75) is 6.54 Å². The number of nitriles is 1. The smallest absolute Gasteiger partial charge is 0.128 e. The van der Waals surface area contributed by atoms with E-state index < -0.39 is 0 Å². The molecule has 0 atom stereocenters. The summed E-state index contributed by atoms with van der Waals surface area (Å²) in [5, 5.41) is 8.96.